The van der Waals surface area contributed by atoms with Crippen LogP contribution in [0.15, 0.2) is 24.3 Å². The molecule has 1 aliphatic heterocycles. The Labute approximate surface area is 144 Å². The Kier molecular flexibility index (Phi) is 7.52. The molecule has 2 amide bonds. The molecule has 1 saturated heterocycles. The van der Waals surface area contributed by atoms with E-state index in [0.717, 1.165) is 18.4 Å². The van der Waals surface area contributed by atoms with Crippen LogP contribution in [0.1, 0.15) is 35.7 Å². The fourth-order valence-corrected chi connectivity index (χ4v) is 2.67. The Balaban J connectivity index is 0.00000264. The third-order valence-electron chi connectivity index (χ3n) is 4.12. The Morgan fingerprint density at radius 2 is 2.00 bits per heavy atom. The van der Waals surface area contributed by atoms with Crippen LogP contribution in [-0.4, -0.2) is 42.4 Å². The van der Waals surface area contributed by atoms with Gasteiger partial charge < -0.3 is 16.0 Å². The fraction of sp³-hybridized carbons (Fsp3) is 0.529. The van der Waals surface area contributed by atoms with Gasteiger partial charge in [-0.1, -0.05) is 17.7 Å². The lowest BCUT2D eigenvalue weighted by atomic mass is 9.96. The number of nitrogens with one attached hydrogen (secondary N) is 1. The quantitative estimate of drug-likeness (QED) is 0.877. The molecule has 2 rings (SSSR count). The summed E-state index contributed by atoms with van der Waals surface area (Å²) in [6.45, 7) is 5.49. The predicted molar refractivity (Wildman–Crippen MR) is 93.7 cm³/mol. The lowest BCUT2D eigenvalue weighted by molar-refractivity contribution is -0.126. The average Bonchev–Trinajstić information content (AvgIpc) is 2.54. The summed E-state index contributed by atoms with van der Waals surface area (Å²) in [5.41, 5.74) is 7.34. The van der Waals surface area contributed by atoms with Crippen LogP contribution in [0.5, 0.6) is 0 Å². The Bertz CT molecular complexity index is 533. The first-order valence-corrected chi connectivity index (χ1v) is 7.87. The Morgan fingerprint density at radius 1 is 1.35 bits per heavy atom. The molecule has 1 unspecified atom stereocenters. The maximum atomic E-state index is 12.5. The molecule has 1 fully saturated rings. The standard InChI is InChI=1S/C17H25N3O2.ClH/c1-12-5-7-14(8-6-12)17(22)20-9-3-4-15(11-20)16(21)19-13(2)10-18;/h5-8,13,15H,3-4,9-11,18H2,1-2H3,(H,19,21);1H/t13-,15?;/m0./s1. The molecule has 1 aromatic carbocycles. The molecule has 1 aromatic rings. The van der Waals surface area contributed by atoms with E-state index in [9.17, 15) is 9.59 Å². The van der Waals surface area contributed by atoms with Crippen molar-refractivity contribution in [3.63, 3.8) is 0 Å². The molecule has 0 radical (unpaired) electrons. The highest BCUT2D eigenvalue weighted by Crippen LogP contribution is 2.19. The Hall–Kier alpha value is -1.59. The number of carbonyl (C=O) groups excluding carboxylic acids is 2. The number of nitrogens with zero attached hydrogens (tertiary/aromatic N) is 1. The summed E-state index contributed by atoms with van der Waals surface area (Å²) in [5.74, 6) is -0.138. The third kappa shape index (κ3) is 5.22. The second-order valence-electron chi connectivity index (χ2n) is 6.10. The molecule has 0 aromatic heterocycles. The van der Waals surface area contributed by atoms with Gasteiger partial charge in [-0.15, -0.1) is 12.4 Å². The van der Waals surface area contributed by atoms with Gasteiger partial charge in [-0.3, -0.25) is 9.59 Å². The minimum absolute atomic E-state index is 0. The number of nitrogens with two attached hydrogens (primary N) is 1. The SMILES string of the molecule is Cc1ccc(C(=O)N2CCCC(C(=O)N[C@@H](C)CN)C2)cc1.Cl. The number of hydrogen-bond acceptors (Lipinski definition) is 3. The van der Waals surface area contributed by atoms with Gasteiger partial charge in [0.25, 0.3) is 5.91 Å². The lowest BCUT2D eigenvalue weighted by Gasteiger charge is -2.32. The first-order valence-electron chi connectivity index (χ1n) is 7.87. The van der Waals surface area contributed by atoms with Gasteiger partial charge in [-0.05, 0) is 38.8 Å². The van der Waals surface area contributed by atoms with Gasteiger partial charge in [-0.25, -0.2) is 0 Å². The largest absolute Gasteiger partial charge is 0.352 e. The smallest absolute Gasteiger partial charge is 0.253 e. The summed E-state index contributed by atoms with van der Waals surface area (Å²) < 4.78 is 0. The van der Waals surface area contributed by atoms with Crippen LogP contribution in [0.4, 0.5) is 0 Å². The summed E-state index contributed by atoms with van der Waals surface area (Å²) in [5, 5.41) is 2.90. The normalized spacial score (nSPS) is 18.7. The van der Waals surface area contributed by atoms with Crippen molar-refractivity contribution < 1.29 is 9.59 Å². The molecular weight excluding hydrogens is 314 g/mol. The van der Waals surface area contributed by atoms with Gasteiger partial charge in [0, 0.05) is 31.2 Å². The van der Waals surface area contributed by atoms with Gasteiger partial charge >= 0.3 is 0 Å². The van der Waals surface area contributed by atoms with E-state index in [2.05, 4.69) is 5.32 Å². The fourth-order valence-electron chi connectivity index (χ4n) is 2.67. The number of rotatable bonds is 4. The first-order chi connectivity index (χ1) is 10.5. The molecule has 128 valence electrons. The topological polar surface area (TPSA) is 75.4 Å². The van der Waals surface area contributed by atoms with Crippen LogP contribution in [0.2, 0.25) is 0 Å². The van der Waals surface area contributed by atoms with Crippen molar-refractivity contribution in [2.45, 2.75) is 32.7 Å². The van der Waals surface area contributed by atoms with Crippen molar-refractivity contribution in [2.24, 2.45) is 11.7 Å². The number of hydrogen-bond donors (Lipinski definition) is 2. The van der Waals surface area contributed by atoms with Gasteiger partial charge in [0.05, 0.1) is 5.92 Å². The average molecular weight is 340 g/mol. The molecule has 1 heterocycles. The first kappa shape index (κ1) is 19.5. The van der Waals surface area contributed by atoms with Crippen LogP contribution < -0.4 is 11.1 Å². The molecule has 1 aliphatic rings. The van der Waals surface area contributed by atoms with E-state index in [1.165, 1.54) is 0 Å². The third-order valence-corrected chi connectivity index (χ3v) is 4.12. The summed E-state index contributed by atoms with van der Waals surface area (Å²) in [4.78, 5) is 26.5. The number of halogens is 1. The van der Waals surface area contributed by atoms with Crippen molar-refractivity contribution in [1.29, 1.82) is 0 Å². The van der Waals surface area contributed by atoms with Crippen molar-refractivity contribution in [1.82, 2.24) is 10.2 Å². The number of likely N-dealkylation sites (tertiary alicyclic amines) is 1. The molecule has 0 bridgehead atoms. The molecule has 2 atom stereocenters. The molecule has 23 heavy (non-hydrogen) atoms. The zero-order valence-corrected chi connectivity index (χ0v) is 14.6. The number of benzene rings is 1. The minimum atomic E-state index is -0.142. The number of aryl methyl sites for hydroxylation is 1. The zero-order chi connectivity index (χ0) is 16.1. The van der Waals surface area contributed by atoms with E-state index < -0.39 is 0 Å². The number of piperidine rings is 1. The monoisotopic (exact) mass is 339 g/mol. The van der Waals surface area contributed by atoms with Crippen molar-refractivity contribution in [3.05, 3.63) is 35.4 Å². The van der Waals surface area contributed by atoms with Crippen LogP contribution in [0.3, 0.4) is 0 Å². The van der Waals surface area contributed by atoms with E-state index in [-0.39, 0.29) is 36.2 Å². The molecule has 3 N–H and O–H groups in total. The number of carbonyl (C=O) groups is 2. The lowest BCUT2D eigenvalue weighted by Crippen LogP contribution is -2.48. The number of amides is 2. The minimum Gasteiger partial charge on any atom is -0.352 e. The highest BCUT2D eigenvalue weighted by Gasteiger charge is 2.29. The van der Waals surface area contributed by atoms with E-state index in [1.807, 2.05) is 38.1 Å². The molecule has 0 saturated carbocycles. The van der Waals surface area contributed by atoms with Gasteiger partial charge in [0.2, 0.25) is 5.91 Å². The van der Waals surface area contributed by atoms with Gasteiger partial charge in [0.15, 0.2) is 0 Å². The zero-order valence-electron chi connectivity index (χ0n) is 13.7. The Morgan fingerprint density at radius 3 is 2.61 bits per heavy atom. The molecule has 5 nitrogen and oxygen atoms in total. The van der Waals surface area contributed by atoms with E-state index in [1.54, 1.807) is 4.90 Å². The van der Waals surface area contributed by atoms with Crippen LogP contribution in [0, 0.1) is 12.8 Å². The van der Waals surface area contributed by atoms with Crippen molar-refractivity contribution in [3.8, 4) is 0 Å². The maximum Gasteiger partial charge on any atom is 0.253 e. The molecule has 0 spiro atoms. The van der Waals surface area contributed by atoms with E-state index in [4.69, 9.17) is 5.73 Å². The predicted octanol–water partition coefficient (Wildman–Crippen LogP) is 1.73. The summed E-state index contributed by atoms with van der Waals surface area (Å²) >= 11 is 0. The van der Waals surface area contributed by atoms with Crippen molar-refractivity contribution >= 4 is 24.2 Å². The molecular formula is C17H26ClN3O2. The van der Waals surface area contributed by atoms with Gasteiger partial charge in [-0.2, -0.15) is 0 Å². The molecule has 0 aliphatic carbocycles. The highest BCUT2D eigenvalue weighted by atomic mass is 35.5. The van der Waals surface area contributed by atoms with Crippen LogP contribution in [0.25, 0.3) is 0 Å². The van der Waals surface area contributed by atoms with Crippen LogP contribution >= 0.6 is 12.4 Å². The highest BCUT2D eigenvalue weighted by molar-refractivity contribution is 5.94. The summed E-state index contributed by atoms with van der Waals surface area (Å²) in [6, 6.07) is 7.53. The van der Waals surface area contributed by atoms with Crippen LogP contribution in [-0.2, 0) is 4.79 Å². The van der Waals surface area contributed by atoms with E-state index >= 15 is 0 Å². The second-order valence-corrected chi connectivity index (χ2v) is 6.10. The van der Waals surface area contributed by atoms with Gasteiger partial charge in [0.1, 0.15) is 0 Å². The second kappa shape index (κ2) is 8.89. The molecule has 6 heteroatoms. The summed E-state index contributed by atoms with van der Waals surface area (Å²) in [6.07, 6.45) is 1.67. The van der Waals surface area contributed by atoms with Crippen molar-refractivity contribution in [2.75, 3.05) is 19.6 Å². The maximum absolute atomic E-state index is 12.5. The summed E-state index contributed by atoms with van der Waals surface area (Å²) in [7, 11) is 0. The van der Waals surface area contributed by atoms with E-state index in [0.29, 0.717) is 25.2 Å².